The molecule has 0 amide bonds. The van der Waals surface area contributed by atoms with E-state index in [4.69, 9.17) is 9.47 Å². The molecule has 21 heavy (non-hydrogen) atoms. The first-order chi connectivity index (χ1) is 10.1. The summed E-state index contributed by atoms with van der Waals surface area (Å²) in [5, 5.41) is 0. The summed E-state index contributed by atoms with van der Waals surface area (Å²) in [6.45, 7) is 11.9. The Bertz CT molecular complexity index is 453. The molecule has 118 valence electrons. The molecule has 1 aromatic rings. The average Bonchev–Trinajstić information content (AvgIpc) is 3.22. The Balaban J connectivity index is 2.07. The van der Waals surface area contributed by atoms with Crippen LogP contribution < -0.4 is 4.74 Å². The van der Waals surface area contributed by atoms with Crippen LogP contribution in [-0.4, -0.2) is 18.8 Å². The maximum atomic E-state index is 5.89. The number of epoxide rings is 1. The van der Waals surface area contributed by atoms with Crippen LogP contribution in [0.5, 0.6) is 5.75 Å². The molecule has 0 aliphatic carbocycles. The van der Waals surface area contributed by atoms with Gasteiger partial charge in [-0.15, -0.1) is 0 Å². The molecule has 1 fully saturated rings. The number of hydrogen-bond donors (Lipinski definition) is 0. The molecule has 0 spiro atoms. The second-order valence-corrected chi connectivity index (χ2v) is 6.56. The SMILES string of the molecule is CCCOc1ccc(C(C)CC2OC2CC)cc1C(C)C. The lowest BCUT2D eigenvalue weighted by Crippen LogP contribution is -2.04. The smallest absolute Gasteiger partial charge is 0.122 e. The molecule has 0 radical (unpaired) electrons. The summed E-state index contributed by atoms with van der Waals surface area (Å²) in [6.07, 6.45) is 4.30. The molecular formula is C19H30O2. The Morgan fingerprint density at radius 1 is 1.14 bits per heavy atom. The minimum Gasteiger partial charge on any atom is -0.493 e. The standard InChI is InChI=1S/C19H30O2/c1-6-10-20-18-9-8-15(12-16(18)13(3)4)14(5)11-19-17(7-2)21-19/h8-9,12-14,17,19H,6-7,10-11H2,1-5H3. The molecule has 1 aromatic carbocycles. The number of benzene rings is 1. The predicted molar refractivity (Wildman–Crippen MR) is 88.3 cm³/mol. The van der Waals surface area contributed by atoms with Crippen LogP contribution in [0.15, 0.2) is 18.2 Å². The van der Waals surface area contributed by atoms with Gasteiger partial charge in [0.05, 0.1) is 18.8 Å². The van der Waals surface area contributed by atoms with Crippen molar-refractivity contribution >= 4 is 0 Å². The van der Waals surface area contributed by atoms with E-state index >= 15 is 0 Å². The molecule has 2 nitrogen and oxygen atoms in total. The van der Waals surface area contributed by atoms with Crippen LogP contribution in [0.2, 0.25) is 0 Å². The fraction of sp³-hybridized carbons (Fsp3) is 0.684. The molecule has 2 heteroatoms. The highest BCUT2D eigenvalue weighted by molar-refractivity contribution is 5.40. The molecule has 0 aromatic heterocycles. The van der Waals surface area contributed by atoms with Crippen molar-refractivity contribution in [3.05, 3.63) is 29.3 Å². The van der Waals surface area contributed by atoms with Gasteiger partial charge < -0.3 is 9.47 Å². The molecule has 0 bridgehead atoms. The van der Waals surface area contributed by atoms with Gasteiger partial charge in [0.2, 0.25) is 0 Å². The summed E-state index contributed by atoms with van der Waals surface area (Å²) >= 11 is 0. The van der Waals surface area contributed by atoms with Crippen molar-refractivity contribution < 1.29 is 9.47 Å². The van der Waals surface area contributed by atoms with Crippen molar-refractivity contribution in [2.24, 2.45) is 0 Å². The first-order valence-corrected chi connectivity index (χ1v) is 8.48. The normalized spacial score (nSPS) is 22.4. The Morgan fingerprint density at radius 3 is 2.48 bits per heavy atom. The van der Waals surface area contributed by atoms with Crippen LogP contribution in [0, 0.1) is 0 Å². The molecule has 1 heterocycles. The van der Waals surface area contributed by atoms with Crippen molar-refractivity contribution in [1.82, 2.24) is 0 Å². The Labute approximate surface area is 129 Å². The van der Waals surface area contributed by atoms with Crippen LogP contribution in [0.1, 0.15) is 76.8 Å². The van der Waals surface area contributed by atoms with E-state index in [1.807, 2.05) is 0 Å². The van der Waals surface area contributed by atoms with Gasteiger partial charge in [-0.2, -0.15) is 0 Å². The van der Waals surface area contributed by atoms with Gasteiger partial charge in [-0.1, -0.05) is 46.8 Å². The summed E-state index contributed by atoms with van der Waals surface area (Å²) in [5.41, 5.74) is 2.74. The second kappa shape index (κ2) is 7.31. The van der Waals surface area contributed by atoms with E-state index in [1.54, 1.807) is 0 Å². The van der Waals surface area contributed by atoms with Gasteiger partial charge in [0.1, 0.15) is 5.75 Å². The summed E-state index contributed by atoms with van der Waals surface area (Å²) in [6, 6.07) is 6.72. The zero-order chi connectivity index (χ0) is 15.4. The van der Waals surface area contributed by atoms with E-state index in [2.05, 4.69) is 52.8 Å². The Hall–Kier alpha value is -1.02. The van der Waals surface area contributed by atoms with Crippen LogP contribution in [-0.2, 0) is 4.74 Å². The lowest BCUT2D eigenvalue weighted by molar-refractivity contribution is 0.313. The van der Waals surface area contributed by atoms with Crippen molar-refractivity contribution in [3.8, 4) is 5.75 Å². The highest BCUT2D eigenvalue weighted by Gasteiger charge is 2.37. The summed E-state index contributed by atoms with van der Waals surface area (Å²) in [4.78, 5) is 0. The second-order valence-electron chi connectivity index (χ2n) is 6.56. The first-order valence-electron chi connectivity index (χ1n) is 8.48. The summed E-state index contributed by atoms with van der Waals surface area (Å²) in [7, 11) is 0. The molecule has 1 aliphatic rings. The topological polar surface area (TPSA) is 21.8 Å². The van der Waals surface area contributed by atoms with Gasteiger partial charge in [-0.3, -0.25) is 0 Å². The molecule has 0 N–H and O–H groups in total. The molecule has 0 saturated carbocycles. The monoisotopic (exact) mass is 290 g/mol. The van der Waals surface area contributed by atoms with Gasteiger partial charge in [0.15, 0.2) is 0 Å². The largest absolute Gasteiger partial charge is 0.493 e. The fourth-order valence-electron chi connectivity index (χ4n) is 2.90. The minimum atomic E-state index is 0.475. The molecule has 1 saturated heterocycles. The van der Waals surface area contributed by atoms with Gasteiger partial charge in [-0.05, 0) is 48.3 Å². The van der Waals surface area contributed by atoms with E-state index in [-0.39, 0.29) is 0 Å². The maximum Gasteiger partial charge on any atom is 0.122 e. The van der Waals surface area contributed by atoms with Crippen LogP contribution >= 0.6 is 0 Å². The highest BCUT2D eigenvalue weighted by atomic mass is 16.6. The summed E-state index contributed by atoms with van der Waals surface area (Å²) < 4.78 is 11.6. The van der Waals surface area contributed by atoms with E-state index in [1.165, 1.54) is 11.1 Å². The van der Waals surface area contributed by atoms with Crippen molar-refractivity contribution in [3.63, 3.8) is 0 Å². The first kappa shape index (κ1) is 16.4. The number of hydrogen-bond acceptors (Lipinski definition) is 2. The van der Waals surface area contributed by atoms with Crippen LogP contribution in [0.4, 0.5) is 0 Å². The zero-order valence-corrected chi connectivity index (χ0v) is 14.2. The fourth-order valence-corrected chi connectivity index (χ4v) is 2.90. The lowest BCUT2D eigenvalue weighted by atomic mass is 9.91. The quantitative estimate of drug-likeness (QED) is 0.608. The Morgan fingerprint density at radius 2 is 1.90 bits per heavy atom. The van der Waals surface area contributed by atoms with E-state index in [0.29, 0.717) is 24.0 Å². The van der Waals surface area contributed by atoms with E-state index < -0.39 is 0 Å². The molecule has 3 unspecified atom stereocenters. The third kappa shape index (κ3) is 4.23. The third-order valence-electron chi connectivity index (χ3n) is 4.36. The molecule has 1 aliphatic heterocycles. The van der Waals surface area contributed by atoms with E-state index in [0.717, 1.165) is 31.6 Å². The summed E-state index contributed by atoms with van der Waals surface area (Å²) in [5.74, 6) is 2.09. The Kier molecular flexibility index (Phi) is 5.69. The lowest BCUT2D eigenvalue weighted by Gasteiger charge is -2.18. The zero-order valence-electron chi connectivity index (χ0n) is 14.2. The maximum absolute atomic E-state index is 5.89. The molecular weight excluding hydrogens is 260 g/mol. The molecule has 3 atom stereocenters. The van der Waals surface area contributed by atoms with Gasteiger partial charge in [0.25, 0.3) is 0 Å². The van der Waals surface area contributed by atoms with Crippen molar-refractivity contribution in [2.75, 3.05) is 6.61 Å². The predicted octanol–water partition coefficient (Wildman–Crippen LogP) is 5.27. The van der Waals surface area contributed by atoms with Gasteiger partial charge >= 0.3 is 0 Å². The van der Waals surface area contributed by atoms with Gasteiger partial charge in [0, 0.05) is 0 Å². The highest BCUT2D eigenvalue weighted by Crippen LogP contribution is 2.36. The van der Waals surface area contributed by atoms with E-state index in [9.17, 15) is 0 Å². The third-order valence-corrected chi connectivity index (χ3v) is 4.36. The van der Waals surface area contributed by atoms with Crippen molar-refractivity contribution in [2.45, 2.75) is 77.9 Å². The van der Waals surface area contributed by atoms with Gasteiger partial charge in [-0.25, -0.2) is 0 Å². The molecule has 2 rings (SSSR count). The number of rotatable bonds is 8. The average molecular weight is 290 g/mol. The van der Waals surface area contributed by atoms with Crippen molar-refractivity contribution in [1.29, 1.82) is 0 Å². The number of ether oxygens (including phenoxy) is 2. The minimum absolute atomic E-state index is 0.475. The van der Waals surface area contributed by atoms with Crippen LogP contribution in [0.25, 0.3) is 0 Å². The van der Waals surface area contributed by atoms with Crippen LogP contribution in [0.3, 0.4) is 0 Å².